The summed E-state index contributed by atoms with van der Waals surface area (Å²) in [6, 6.07) is 0.440. The molecule has 0 aromatic rings. The second kappa shape index (κ2) is 6.25. The van der Waals surface area contributed by atoms with Gasteiger partial charge in [0.15, 0.2) is 0 Å². The Labute approximate surface area is 116 Å². The molecule has 3 rings (SSSR count). The molecule has 3 fully saturated rings. The molecule has 0 radical (unpaired) electrons. The van der Waals surface area contributed by atoms with Crippen LogP contribution in [-0.2, 0) is 4.79 Å². The van der Waals surface area contributed by atoms with Crippen molar-refractivity contribution in [2.24, 2.45) is 17.8 Å². The number of nitrogens with one attached hydrogen (secondary N) is 2. The minimum atomic E-state index is 0. The number of carbonyl (C=O) groups is 1. The number of rotatable bonds is 4. The SMILES string of the molecule is Cl.O=C(CC1CCCN1)NCC1CC2CCC1C2. The second-order valence-corrected chi connectivity index (χ2v) is 6.24. The molecule has 104 valence electrons. The fraction of sp³-hybridized carbons (Fsp3) is 0.929. The van der Waals surface area contributed by atoms with E-state index >= 15 is 0 Å². The maximum atomic E-state index is 11.8. The molecule has 3 nitrogen and oxygen atoms in total. The molecule has 3 aliphatic rings. The van der Waals surface area contributed by atoms with Crippen molar-refractivity contribution in [2.45, 2.75) is 51.0 Å². The fourth-order valence-corrected chi connectivity index (χ4v) is 4.10. The summed E-state index contributed by atoms with van der Waals surface area (Å²) in [6.07, 6.45) is 8.74. The van der Waals surface area contributed by atoms with E-state index < -0.39 is 0 Å². The summed E-state index contributed by atoms with van der Waals surface area (Å²) < 4.78 is 0. The van der Waals surface area contributed by atoms with Crippen molar-refractivity contribution in [1.29, 1.82) is 0 Å². The van der Waals surface area contributed by atoms with Gasteiger partial charge in [-0.2, -0.15) is 0 Å². The molecule has 0 spiro atoms. The van der Waals surface area contributed by atoms with Crippen LogP contribution in [0.15, 0.2) is 0 Å². The lowest BCUT2D eigenvalue weighted by Gasteiger charge is -2.22. The number of hydrogen-bond acceptors (Lipinski definition) is 2. The second-order valence-electron chi connectivity index (χ2n) is 6.24. The third kappa shape index (κ3) is 3.18. The highest BCUT2D eigenvalue weighted by molar-refractivity contribution is 5.85. The average Bonchev–Trinajstić information content (AvgIpc) is 3.02. The largest absolute Gasteiger partial charge is 0.356 e. The summed E-state index contributed by atoms with van der Waals surface area (Å²) in [6.45, 7) is 2.02. The van der Waals surface area contributed by atoms with Crippen LogP contribution < -0.4 is 10.6 Å². The summed E-state index contributed by atoms with van der Waals surface area (Å²) >= 11 is 0. The van der Waals surface area contributed by atoms with Crippen molar-refractivity contribution < 1.29 is 4.79 Å². The maximum absolute atomic E-state index is 11.8. The van der Waals surface area contributed by atoms with Gasteiger partial charge in [0.05, 0.1) is 0 Å². The van der Waals surface area contributed by atoms with Gasteiger partial charge in [-0.25, -0.2) is 0 Å². The number of amides is 1. The summed E-state index contributed by atoms with van der Waals surface area (Å²) in [5, 5.41) is 6.54. The van der Waals surface area contributed by atoms with Gasteiger partial charge in [-0.15, -0.1) is 12.4 Å². The molecule has 4 unspecified atom stereocenters. The van der Waals surface area contributed by atoms with Gasteiger partial charge in [0, 0.05) is 19.0 Å². The molecular weight excluding hydrogens is 248 g/mol. The highest BCUT2D eigenvalue weighted by Crippen LogP contribution is 2.47. The zero-order valence-electron chi connectivity index (χ0n) is 11.0. The fourth-order valence-electron chi connectivity index (χ4n) is 4.10. The van der Waals surface area contributed by atoms with Gasteiger partial charge >= 0.3 is 0 Å². The molecule has 0 aromatic carbocycles. The first kappa shape index (κ1) is 14.1. The van der Waals surface area contributed by atoms with Crippen LogP contribution >= 0.6 is 12.4 Å². The van der Waals surface area contributed by atoms with E-state index in [2.05, 4.69) is 10.6 Å². The molecule has 1 heterocycles. The summed E-state index contributed by atoms with van der Waals surface area (Å²) in [7, 11) is 0. The molecule has 2 saturated carbocycles. The standard InChI is InChI=1S/C14H24N2O.ClH/c17-14(8-13-2-1-5-15-13)16-9-12-7-10-3-4-11(12)6-10;/h10-13,15H,1-9H2,(H,16,17);1H. The third-order valence-electron chi connectivity index (χ3n) is 5.04. The van der Waals surface area contributed by atoms with Crippen molar-refractivity contribution in [3.8, 4) is 0 Å². The third-order valence-corrected chi connectivity index (χ3v) is 5.04. The van der Waals surface area contributed by atoms with Gasteiger partial charge in [0.2, 0.25) is 5.91 Å². The van der Waals surface area contributed by atoms with Gasteiger partial charge in [0.25, 0.3) is 0 Å². The number of fused-ring (bicyclic) bond motifs is 2. The molecule has 1 amide bonds. The highest BCUT2D eigenvalue weighted by Gasteiger charge is 2.39. The van der Waals surface area contributed by atoms with Gasteiger partial charge in [-0.3, -0.25) is 4.79 Å². The van der Waals surface area contributed by atoms with Crippen LogP contribution in [0.2, 0.25) is 0 Å². The van der Waals surface area contributed by atoms with Crippen LogP contribution in [-0.4, -0.2) is 25.0 Å². The van der Waals surface area contributed by atoms with E-state index in [-0.39, 0.29) is 18.3 Å². The predicted octanol–water partition coefficient (Wildman–Crippen LogP) is 2.10. The van der Waals surface area contributed by atoms with Crippen molar-refractivity contribution in [3.05, 3.63) is 0 Å². The van der Waals surface area contributed by atoms with Gasteiger partial charge in [-0.05, 0) is 56.4 Å². The summed E-state index contributed by atoms with van der Waals surface area (Å²) in [5.74, 6) is 2.95. The van der Waals surface area contributed by atoms with E-state index in [9.17, 15) is 4.79 Å². The maximum Gasteiger partial charge on any atom is 0.221 e. The minimum absolute atomic E-state index is 0. The summed E-state index contributed by atoms with van der Waals surface area (Å²) in [5.41, 5.74) is 0. The molecule has 2 bridgehead atoms. The molecule has 1 aliphatic heterocycles. The van der Waals surface area contributed by atoms with Crippen molar-refractivity contribution in [3.63, 3.8) is 0 Å². The molecule has 4 heteroatoms. The summed E-state index contributed by atoms with van der Waals surface area (Å²) in [4.78, 5) is 11.8. The minimum Gasteiger partial charge on any atom is -0.356 e. The monoisotopic (exact) mass is 272 g/mol. The van der Waals surface area contributed by atoms with Crippen LogP contribution in [0.25, 0.3) is 0 Å². The predicted molar refractivity (Wildman–Crippen MR) is 74.8 cm³/mol. The smallest absolute Gasteiger partial charge is 0.221 e. The van der Waals surface area contributed by atoms with Crippen LogP contribution in [0, 0.1) is 17.8 Å². The normalized spacial score (nSPS) is 37.6. The number of halogens is 1. The first-order valence-corrected chi connectivity index (χ1v) is 7.31. The topological polar surface area (TPSA) is 41.1 Å². The first-order valence-electron chi connectivity index (χ1n) is 7.31. The zero-order valence-corrected chi connectivity index (χ0v) is 11.8. The Bertz CT molecular complexity index is 292. The number of carbonyl (C=O) groups excluding carboxylic acids is 1. The van der Waals surface area contributed by atoms with Crippen LogP contribution in [0.1, 0.15) is 44.9 Å². The molecular formula is C14H25ClN2O. The Morgan fingerprint density at radius 1 is 1.22 bits per heavy atom. The average molecular weight is 273 g/mol. The van der Waals surface area contributed by atoms with E-state index in [1.807, 2.05) is 0 Å². The van der Waals surface area contributed by atoms with Crippen LogP contribution in [0.4, 0.5) is 0 Å². The van der Waals surface area contributed by atoms with Crippen molar-refractivity contribution in [1.82, 2.24) is 10.6 Å². The molecule has 2 aliphatic carbocycles. The number of hydrogen-bond donors (Lipinski definition) is 2. The Morgan fingerprint density at radius 2 is 2.11 bits per heavy atom. The highest BCUT2D eigenvalue weighted by atomic mass is 35.5. The Hall–Kier alpha value is -0.280. The Balaban J connectivity index is 0.00000120. The zero-order chi connectivity index (χ0) is 11.7. The first-order chi connectivity index (χ1) is 8.31. The van der Waals surface area contributed by atoms with Crippen LogP contribution in [0.3, 0.4) is 0 Å². The van der Waals surface area contributed by atoms with Gasteiger partial charge in [0.1, 0.15) is 0 Å². The van der Waals surface area contributed by atoms with E-state index in [4.69, 9.17) is 0 Å². The van der Waals surface area contributed by atoms with Crippen LogP contribution in [0.5, 0.6) is 0 Å². The van der Waals surface area contributed by atoms with E-state index in [0.29, 0.717) is 12.5 Å². The molecule has 2 N–H and O–H groups in total. The quantitative estimate of drug-likeness (QED) is 0.823. The van der Waals surface area contributed by atoms with Crippen molar-refractivity contribution in [2.75, 3.05) is 13.1 Å². The lowest BCUT2D eigenvalue weighted by molar-refractivity contribution is -0.121. The molecule has 4 atom stereocenters. The molecule has 1 saturated heterocycles. The van der Waals surface area contributed by atoms with Gasteiger partial charge in [-0.1, -0.05) is 6.42 Å². The molecule has 0 aromatic heterocycles. The van der Waals surface area contributed by atoms with Gasteiger partial charge < -0.3 is 10.6 Å². The Morgan fingerprint density at radius 3 is 2.72 bits per heavy atom. The van der Waals surface area contributed by atoms with E-state index in [1.54, 1.807) is 0 Å². The lowest BCUT2D eigenvalue weighted by Crippen LogP contribution is -2.35. The molecule has 18 heavy (non-hydrogen) atoms. The lowest BCUT2D eigenvalue weighted by atomic mass is 9.89. The van der Waals surface area contributed by atoms with E-state index in [0.717, 1.165) is 30.8 Å². The van der Waals surface area contributed by atoms with Crippen molar-refractivity contribution >= 4 is 18.3 Å². The van der Waals surface area contributed by atoms with E-state index in [1.165, 1.54) is 38.5 Å². The Kier molecular flexibility index (Phi) is 4.91.